The first-order chi connectivity index (χ1) is 14.5. The number of aliphatic hydroxyl groups excluding tert-OH is 3. The van der Waals surface area contributed by atoms with Gasteiger partial charge in [-0.2, -0.15) is 0 Å². The summed E-state index contributed by atoms with van der Waals surface area (Å²) < 4.78 is 11.1. The van der Waals surface area contributed by atoms with Crippen LogP contribution in [-0.4, -0.2) is 63.4 Å². The molecule has 1 unspecified atom stereocenters. The summed E-state index contributed by atoms with van der Waals surface area (Å²) in [7, 11) is 0. The Morgan fingerprint density at radius 2 is 1.81 bits per heavy atom. The van der Waals surface area contributed by atoms with Gasteiger partial charge in [-0.3, -0.25) is 9.59 Å². The number of aliphatic carboxylic acids is 1. The number of benzene rings is 1. The van der Waals surface area contributed by atoms with Crippen molar-refractivity contribution in [2.75, 3.05) is 6.61 Å². The van der Waals surface area contributed by atoms with Gasteiger partial charge in [-0.25, -0.2) is 0 Å². The van der Waals surface area contributed by atoms with Gasteiger partial charge in [0.25, 0.3) is 0 Å². The van der Waals surface area contributed by atoms with E-state index < -0.39 is 41.7 Å². The van der Waals surface area contributed by atoms with Crippen LogP contribution in [-0.2, 0) is 20.7 Å². The van der Waals surface area contributed by atoms with E-state index in [4.69, 9.17) is 9.47 Å². The van der Waals surface area contributed by atoms with Gasteiger partial charge in [-0.05, 0) is 44.9 Å². The van der Waals surface area contributed by atoms with Gasteiger partial charge in [-0.15, -0.1) is 0 Å². The third-order valence-electron chi connectivity index (χ3n) is 5.28. The molecule has 1 aromatic carbocycles. The van der Waals surface area contributed by atoms with Crippen molar-refractivity contribution in [3.63, 3.8) is 0 Å². The number of carboxylic acid groups (broad SMARTS) is 1. The molecule has 1 aliphatic carbocycles. The molecule has 0 saturated heterocycles. The predicted octanol–water partition coefficient (Wildman–Crippen LogP) is 1.79. The highest BCUT2D eigenvalue weighted by Gasteiger charge is 2.47. The minimum absolute atomic E-state index is 0.0725. The van der Waals surface area contributed by atoms with Crippen molar-refractivity contribution in [1.82, 2.24) is 0 Å². The molecular weight excluding hydrogens is 404 g/mol. The maximum Gasteiger partial charge on any atom is 0.311 e. The van der Waals surface area contributed by atoms with Gasteiger partial charge in [0.15, 0.2) is 0 Å². The minimum atomic E-state index is -1.63. The fourth-order valence-corrected chi connectivity index (χ4v) is 3.27. The van der Waals surface area contributed by atoms with E-state index in [1.165, 1.54) is 0 Å². The Labute approximate surface area is 182 Å². The standard InChI is InChI=1S/C23H32O8/c1-5-13-8-9-14(7-6-10-30-22(29)23(2,3)4)16(11-13)31-17-12-15(21(27)28)18(24)20(26)19(17)25/h6-9,11,15,17-20,24-26H,5,10,12H2,1-4H3,(H,27,28)/b7-6+/t15-,17?,18+,19-,20-/m0/s1. The third-order valence-corrected chi connectivity index (χ3v) is 5.28. The van der Waals surface area contributed by atoms with Crippen LogP contribution in [0.3, 0.4) is 0 Å². The lowest BCUT2D eigenvalue weighted by Crippen LogP contribution is -2.57. The van der Waals surface area contributed by atoms with Crippen molar-refractivity contribution in [3.05, 3.63) is 35.4 Å². The second-order valence-electron chi connectivity index (χ2n) is 8.79. The van der Waals surface area contributed by atoms with Crippen LogP contribution < -0.4 is 4.74 Å². The SMILES string of the molecule is CCc1ccc(/C=C/COC(=O)C(C)(C)C)c(OC2C[C@H](C(=O)O)[C@@H](O)[C@H](O)[C@H]2O)c1. The monoisotopic (exact) mass is 436 g/mol. The van der Waals surface area contributed by atoms with Crippen LogP contribution in [0.5, 0.6) is 5.75 Å². The first-order valence-corrected chi connectivity index (χ1v) is 10.4. The molecular formula is C23H32O8. The van der Waals surface area contributed by atoms with Crippen LogP contribution in [0.4, 0.5) is 0 Å². The molecule has 0 bridgehead atoms. The summed E-state index contributed by atoms with van der Waals surface area (Å²) in [5.41, 5.74) is 1.00. The molecule has 2 rings (SSSR count). The molecule has 1 aromatic rings. The maximum atomic E-state index is 11.9. The number of esters is 1. The second-order valence-corrected chi connectivity index (χ2v) is 8.79. The number of rotatable bonds is 7. The first kappa shape index (κ1) is 24.8. The van der Waals surface area contributed by atoms with E-state index in [-0.39, 0.29) is 19.0 Å². The van der Waals surface area contributed by atoms with E-state index in [0.29, 0.717) is 11.3 Å². The minimum Gasteiger partial charge on any atom is -0.487 e. The van der Waals surface area contributed by atoms with Gasteiger partial charge >= 0.3 is 11.9 Å². The first-order valence-electron chi connectivity index (χ1n) is 10.4. The third kappa shape index (κ3) is 6.29. The Morgan fingerprint density at radius 3 is 2.39 bits per heavy atom. The highest BCUT2D eigenvalue weighted by Crippen LogP contribution is 2.32. The van der Waals surface area contributed by atoms with Gasteiger partial charge < -0.3 is 29.9 Å². The molecule has 8 nitrogen and oxygen atoms in total. The van der Waals surface area contributed by atoms with Crippen molar-refractivity contribution in [1.29, 1.82) is 0 Å². The van der Waals surface area contributed by atoms with Crippen molar-refractivity contribution < 1.29 is 39.5 Å². The maximum absolute atomic E-state index is 11.9. The van der Waals surface area contributed by atoms with E-state index in [2.05, 4.69) is 0 Å². The fourth-order valence-electron chi connectivity index (χ4n) is 3.27. The Bertz CT molecular complexity index is 810. The molecule has 0 radical (unpaired) electrons. The molecule has 0 aromatic heterocycles. The number of aryl methyl sites for hydroxylation is 1. The number of carboxylic acids is 1. The number of hydrogen-bond acceptors (Lipinski definition) is 7. The van der Waals surface area contributed by atoms with Crippen molar-refractivity contribution in [2.24, 2.45) is 11.3 Å². The van der Waals surface area contributed by atoms with Crippen LogP contribution in [0.2, 0.25) is 0 Å². The second kappa shape index (κ2) is 10.3. The normalized spacial score (nSPS) is 26.6. The van der Waals surface area contributed by atoms with Gasteiger partial charge in [0.05, 0.1) is 17.4 Å². The average molecular weight is 437 g/mol. The smallest absolute Gasteiger partial charge is 0.311 e. The largest absolute Gasteiger partial charge is 0.487 e. The van der Waals surface area contributed by atoms with E-state index in [0.717, 1.165) is 12.0 Å². The zero-order chi connectivity index (χ0) is 23.3. The molecule has 1 aliphatic rings. The number of carbonyl (C=O) groups is 2. The molecule has 0 aliphatic heterocycles. The summed E-state index contributed by atoms with van der Waals surface area (Å²) in [4.78, 5) is 23.3. The Hall–Kier alpha value is -2.42. The Kier molecular flexibility index (Phi) is 8.22. The Balaban J connectivity index is 2.20. The summed E-state index contributed by atoms with van der Waals surface area (Å²) in [5.74, 6) is -2.45. The average Bonchev–Trinajstić information content (AvgIpc) is 2.71. The van der Waals surface area contributed by atoms with Crippen molar-refractivity contribution in [3.8, 4) is 5.75 Å². The van der Waals surface area contributed by atoms with Crippen LogP contribution in [0, 0.1) is 11.3 Å². The van der Waals surface area contributed by atoms with Gasteiger partial charge in [0.1, 0.15) is 30.7 Å². The molecule has 31 heavy (non-hydrogen) atoms. The summed E-state index contributed by atoms with van der Waals surface area (Å²) in [6.07, 6.45) is -1.73. The zero-order valence-corrected chi connectivity index (χ0v) is 18.3. The number of hydrogen-bond donors (Lipinski definition) is 4. The van der Waals surface area contributed by atoms with Crippen LogP contribution in [0.15, 0.2) is 24.3 Å². The van der Waals surface area contributed by atoms with E-state index in [1.54, 1.807) is 39.0 Å². The number of aliphatic hydroxyl groups is 3. The van der Waals surface area contributed by atoms with E-state index in [9.17, 15) is 30.0 Å². The van der Waals surface area contributed by atoms with Gasteiger partial charge in [0.2, 0.25) is 0 Å². The van der Waals surface area contributed by atoms with Crippen LogP contribution >= 0.6 is 0 Å². The molecule has 0 spiro atoms. The highest BCUT2D eigenvalue weighted by molar-refractivity contribution is 5.75. The van der Waals surface area contributed by atoms with Gasteiger partial charge in [-0.1, -0.05) is 25.1 Å². The molecule has 0 amide bonds. The highest BCUT2D eigenvalue weighted by atomic mass is 16.5. The molecule has 4 N–H and O–H groups in total. The topological polar surface area (TPSA) is 134 Å². The van der Waals surface area contributed by atoms with E-state index in [1.807, 2.05) is 19.1 Å². The summed E-state index contributed by atoms with van der Waals surface area (Å²) in [5, 5.41) is 39.7. The molecule has 172 valence electrons. The quantitative estimate of drug-likeness (QED) is 0.476. The van der Waals surface area contributed by atoms with Crippen LogP contribution in [0.1, 0.15) is 45.2 Å². The van der Waals surface area contributed by atoms with Gasteiger partial charge in [0, 0.05) is 12.0 Å². The lowest BCUT2D eigenvalue weighted by Gasteiger charge is -2.38. The molecule has 0 heterocycles. The van der Waals surface area contributed by atoms with Crippen LogP contribution in [0.25, 0.3) is 6.08 Å². The lowest BCUT2D eigenvalue weighted by molar-refractivity contribution is -0.174. The van der Waals surface area contributed by atoms with Crippen molar-refractivity contribution >= 4 is 18.0 Å². The van der Waals surface area contributed by atoms with E-state index >= 15 is 0 Å². The summed E-state index contributed by atoms with van der Waals surface area (Å²) in [6.45, 7) is 7.33. The molecule has 5 atom stereocenters. The fraction of sp³-hybridized carbons (Fsp3) is 0.565. The Morgan fingerprint density at radius 1 is 1.13 bits per heavy atom. The molecule has 1 saturated carbocycles. The van der Waals surface area contributed by atoms with Crippen molar-refractivity contribution in [2.45, 2.75) is 65.0 Å². The molecule has 8 heteroatoms. The number of carbonyl (C=O) groups excluding carboxylic acids is 1. The zero-order valence-electron chi connectivity index (χ0n) is 18.3. The molecule has 1 fully saturated rings. The predicted molar refractivity (Wildman–Crippen MR) is 113 cm³/mol. The summed E-state index contributed by atoms with van der Waals surface area (Å²) >= 11 is 0. The summed E-state index contributed by atoms with van der Waals surface area (Å²) in [6, 6.07) is 5.50. The number of ether oxygens (including phenoxy) is 2. The lowest BCUT2D eigenvalue weighted by atomic mass is 9.80.